The molecule has 1 fully saturated rings. The van der Waals surface area contributed by atoms with E-state index >= 15 is 0 Å². The van der Waals surface area contributed by atoms with Crippen molar-refractivity contribution in [2.75, 3.05) is 13.1 Å². The molecule has 16 heavy (non-hydrogen) atoms. The first kappa shape index (κ1) is 13.2. The first-order valence-corrected chi connectivity index (χ1v) is 5.13. The molecule has 3 N–H and O–H groups in total. The molecule has 2 atom stereocenters. The van der Waals surface area contributed by atoms with Crippen molar-refractivity contribution in [3.63, 3.8) is 0 Å². The van der Waals surface area contributed by atoms with Gasteiger partial charge in [-0.1, -0.05) is 0 Å². The van der Waals surface area contributed by atoms with E-state index in [4.69, 9.17) is 0 Å². The summed E-state index contributed by atoms with van der Waals surface area (Å²) in [5, 5.41) is 14.8. The zero-order valence-corrected chi connectivity index (χ0v) is 8.68. The number of amides is 1. The number of carbonyl (C=O) groups excluding carboxylic acids is 1. The van der Waals surface area contributed by atoms with Gasteiger partial charge in [0.1, 0.15) is 0 Å². The SMILES string of the molecule is O=C(CCC(F)(F)F)N[C@@H]1CCNC[C@H]1O. The third-order valence-electron chi connectivity index (χ3n) is 2.43. The molecule has 0 spiro atoms. The van der Waals surface area contributed by atoms with Crippen molar-refractivity contribution in [3.05, 3.63) is 0 Å². The van der Waals surface area contributed by atoms with Gasteiger partial charge in [0, 0.05) is 13.0 Å². The Morgan fingerprint density at radius 3 is 2.75 bits per heavy atom. The second kappa shape index (κ2) is 5.49. The molecule has 1 aliphatic heterocycles. The summed E-state index contributed by atoms with van der Waals surface area (Å²) in [4.78, 5) is 11.2. The standard InChI is InChI=1S/C9H15F3N2O2/c10-9(11,12)3-1-8(16)14-6-2-4-13-5-7(6)15/h6-7,13,15H,1-5H2,(H,14,16)/t6-,7-/m1/s1. The Morgan fingerprint density at radius 1 is 1.50 bits per heavy atom. The van der Waals surface area contributed by atoms with E-state index in [1.807, 2.05) is 0 Å². The Morgan fingerprint density at radius 2 is 2.19 bits per heavy atom. The molecule has 0 aliphatic carbocycles. The summed E-state index contributed by atoms with van der Waals surface area (Å²) < 4.78 is 35.5. The molecule has 0 aromatic heterocycles. The van der Waals surface area contributed by atoms with Crippen LogP contribution in [0.25, 0.3) is 0 Å². The van der Waals surface area contributed by atoms with Crippen molar-refractivity contribution in [2.24, 2.45) is 0 Å². The van der Waals surface area contributed by atoms with Crippen LogP contribution in [-0.4, -0.2) is 42.4 Å². The van der Waals surface area contributed by atoms with Gasteiger partial charge in [-0.25, -0.2) is 0 Å². The number of halogens is 3. The van der Waals surface area contributed by atoms with E-state index < -0.39 is 37.1 Å². The summed E-state index contributed by atoms with van der Waals surface area (Å²) in [6, 6.07) is -0.443. The molecule has 94 valence electrons. The van der Waals surface area contributed by atoms with E-state index in [1.165, 1.54) is 0 Å². The van der Waals surface area contributed by atoms with Gasteiger partial charge in [0.2, 0.25) is 5.91 Å². The minimum atomic E-state index is -4.32. The summed E-state index contributed by atoms with van der Waals surface area (Å²) >= 11 is 0. The molecule has 0 aromatic rings. The van der Waals surface area contributed by atoms with Gasteiger partial charge < -0.3 is 15.7 Å². The monoisotopic (exact) mass is 240 g/mol. The van der Waals surface area contributed by atoms with E-state index in [9.17, 15) is 23.1 Å². The van der Waals surface area contributed by atoms with Gasteiger partial charge in [-0.15, -0.1) is 0 Å². The lowest BCUT2D eigenvalue weighted by Gasteiger charge is -2.29. The first-order valence-electron chi connectivity index (χ1n) is 5.13. The molecule has 1 saturated heterocycles. The Bertz CT molecular complexity index is 245. The van der Waals surface area contributed by atoms with Gasteiger partial charge >= 0.3 is 6.18 Å². The van der Waals surface area contributed by atoms with Crippen molar-refractivity contribution in [1.29, 1.82) is 0 Å². The number of aliphatic hydroxyl groups is 1. The number of alkyl halides is 3. The fraction of sp³-hybridized carbons (Fsp3) is 0.889. The number of carbonyl (C=O) groups is 1. The van der Waals surface area contributed by atoms with Gasteiger partial charge in [0.25, 0.3) is 0 Å². The zero-order valence-electron chi connectivity index (χ0n) is 8.68. The maximum atomic E-state index is 11.8. The highest BCUT2D eigenvalue weighted by Gasteiger charge is 2.29. The van der Waals surface area contributed by atoms with Gasteiger partial charge in [-0.3, -0.25) is 4.79 Å². The number of hydrogen-bond acceptors (Lipinski definition) is 3. The first-order chi connectivity index (χ1) is 7.38. The molecular formula is C9H15F3N2O2. The Hall–Kier alpha value is -0.820. The molecule has 0 saturated carbocycles. The summed E-state index contributed by atoms with van der Waals surface area (Å²) in [6.45, 7) is 0.992. The van der Waals surface area contributed by atoms with E-state index in [2.05, 4.69) is 10.6 Å². The number of piperidine rings is 1. The van der Waals surface area contributed by atoms with Crippen LogP contribution >= 0.6 is 0 Å². The predicted molar refractivity (Wildman–Crippen MR) is 50.7 cm³/mol. The second-order valence-corrected chi connectivity index (χ2v) is 3.85. The van der Waals surface area contributed by atoms with Crippen molar-refractivity contribution in [1.82, 2.24) is 10.6 Å². The van der Waals surface area contributed by atoms with Crippen LogP contribution in [0.3, 0.4) is 0 Å². The van der Waals surface area contributed by atoms with Crippen molar-refractivity contribution in [3.8, 4) is 0 Å². The fourth-order valence-electron chi connectivity index (χ4n) is 1.54. The van der Waals surface area contributed by atoms with Gasteiger partial charge in [-0.2, -0.15) is 13.2 Å². The average Bonchev–Trinajstić information content (AvgIpc) is 2.18. The van der Waals surface area contributed by atoms with Crippen LogP contribution in [0.1, 0.15) is 19.3 Å². The van der Waals surface area contributed by atoms with Crippen molar-refractivity contribution in [2.45, 2.75) is 37.6 Å². The summed E-state index contributed by atoms with van der Waals surface area (Å²) in [5.74, 6) is -0.664. The van der Waals surface area contributed by atoms with Crippen LogP contribution in [0.2, 0.25) is 0 Å². The molecule has 1 amide bonds. The topological polar surface area (TPSA) is 61.4 Å². The third-order valence-corrected chi connectivity index (χ3v) is 2.43. The minimum Gasteiger partial charge on any atom is -0.390 e. The molecule has 1 rings (SSSR count). The fourth-order valence-corrected chi connectivity index (χ4v) is 1.54. The Balaban J connectivity index is 2.28. The number of β-amino-alcohol motifs (C(OH)–C–C–N with tert-alkyl or cyclic N) is 1. The third kappa shape index (κ3) is 4.80. The molecule has 1 heterocycles. The molecular weight excluding hydrogens is 225 g/mol. The minimum absolute atomic E-state index is 0.351. The van der Waals surface area contributed by atoms with Crippen LogP contribution < -0.4 is 10.6 Å². The molecule has 1 aliphatic rings. The highest BCUT2D eigenvalue weighted by atomic mass is 19.4. The van der Waals surface area contributed by atoms with Crippen molar-refractivity contribution < 1.29 is 23.1 Å². The predicted octanol–water partition coefficient (Wildman–Crippen LogP) is 0.168. The molecule has 0 radical (unpaired) electrons. The number of hydrogen-bond donors (Lipinski definition) is 3. The maximum absolute atomic E-state index is 11.8. The lowest BCUT2D eigenvalue weighted by atomic mass is 10.0. The number of aliphatic hydroxyl groups excluding tert-OH is 1. The Labute approximate surface area is 91.2 Å². The van der Waals surface area contributed by atoms with E-state index in [0.29, 0.717) is 19.5 Å². The van der Waals surface area contributed by atoms with Gasteiger partial charge in [0.05, 0.1) is 18.6 Å². The summed E-state index contributed by atoms with van der Waals surface area (Å²) in [5.41, 5.74) is 0. The average molecular weight is 240 g/mol. The normalized spacial score (nSPS) is 26.5. The highest BCUT2D eigenvalue weighted by molar-refractivity contribution is 5.76. The van der Waals surface area contributed by atoms with E-state index in [1.54, 1.807) is 0 Å². The van der Waals surface area contributed by atoms with E-state index in [0.717, 1.165) is 0 Å². The van der Waals surface area contributed by atoms with Crippen LogP contribution in [-0.2, 0) is 4.79 Å². The molecule has 4 nitrogen and oxygen atoms in total. The molecule has 0 aromatic carbocycles. The second-order valence-electron chi connectivity index (χ2n) is 3.85. The summed E-state index contributed by atoms with van der Waals surface area (Å²) in [6.07, 6.45) is -6.23. The van der Waals surface area contributed by atoms with E-state index in [-0.39, 0.29) is 0 Å². The molecule has 0 unspecified atom stereocenters. The quantitative estimate of drug-likeness (QED) is 0.659. The zero-order chi connectivity index (χ0) is 12.2. The van der Waals surface area contributed by atoms with Crippen LogP contribution in [0.4, 0.5) is 13.2 Å². The van der Waals surface area contributed by atoms with Crippen LogP contribution in [0.5, 0.6) is 0 Å². The number of nitrogens with one attached hydrogen (secondary N) is 2. The van der Waals surface area contributed by atoms with Gasteiger partial charge in [0.15, 0.2) is 0 Å². The smallest absolute Gasteiger partial charge is 0.389 e. The largest absolute Gasteiger partial charge is 0.390 e. The maximum Gasteiger partial charge on any atom is 0.389 e. The Kier molecular flexibility index (Phi) is 4.55. The van der Waals surface area contributed by atoms with Gasteiger partial charge in [-0.05, 0) is 13.0 Å². The van der Waals surface area contributed by atoms with Crippen LogP contribution in [0.15, 0.2) is 0 Å². The number of rotatable bonds is 3. The lowest BCUT2D eigenvalue weighted by Crippen LogP contribution is -2.52. The van der Waals surface area contributed by atoms with Crippen molar-refractivity contribution >= 4 is 5.91 Å². The molecule has 0 bridgehead atoms. The summed E-state index contributed by atoms with van der Waals surface area (Å²) in [7, 11) is 0. The highest BCUT2D eigenvalue weighted by Crippen LogP contribution is 2.21. The molecule has 7 heteroatoms. The van der Waals surface area contributed by atoms with Crippen LogP contribution in [0, 0.1) is 0 Å². The lowest BCUT2D eigenvalue weighted by molar-refractivity contribution is -0.144.